The highest BCUT2D eigenvalue weighted by atomic mass is 16.1. The Morgan fingerprint density at radius 2 is 2.12 bits per heavy atom. The molecule has 88 valence electrons. The molecule has 2 unspecified atom stereocenters. The minimum atomic E-state index is 0.137. The topological polar surface area (TPSA) is 17.1 Å². The number of allylic oxidation sites excluding steroid dienone is 4. The zero-order valence-corrected chi connectivity index (χ0v) is 10.7. The summed E-state index contributed by atoms with van der Waals surface area (Å²) in [6.45, 7) is 14.3. The lowest BCUT2D eigenvalue weighted by atomic mass is 9.63. The highest BCUT2D eigenvalue weighted by Crippen LogP contribution is 2.47. The van der Waals surface area contributed by atoms with E-state index in [1.54, 1.807) is 0 Å². The lowest BCUT2D eigenvalue weighted by Crippen LogP contribution is -2.30. The molecule has 0 amide bonds. The molecule has 0 bridgehead atoms. The van der Waals surface area contributed by atoms with Crippen LogP contribution in [0.4, 0.5) is 0 Å². The van der Waals surface area contributed by atoms with E-state index in [1.165, 1.54) is 11.1 Å². The number of hydrogen-bond donors (Lipinski definition) is 0. The molecule has 0 radical (unpaired) electrons. The molecule has 0 spiro atoms. The maximum absolute atomic E-state index is 10.8. The Kier molecular flexibility index (Phi) is 3.90. The molecule has 1 heteroatoms. The molecule has 1 aliphatic carbocycles. The van der Waals surface area contributed by atoms with E-state index in [9.17, 15) is 4.79 Å². The van der Waals surface area contributed by atoms with Gasteiger partial charge in [-0.25, -0.2) is 0 Å². The van der Waals surface area contributed by atoms with Gasteiger partial charge in [-0.05, 0) is 50.0 Å². The van der Waals surface area contributed by atoms with Gasteiger partial charge in [0.1, 0.15) is 6.29 Å². The molecule has 1 rings (SSSR count). The largest absolute Gasteiger partial charge is 0.298 e. The summed E-state index contributed by atoms with van der Waals surface area (Å²) in [5.41, 5.74) is 3.52. The molecule has 1 saturated carbocycles. The van der Waals surface area contributed by atoms with Gasteiger partial charge in [-0.1, -0.05) is 30.7 Å². The fourth-order valence-electron chi connectivity index (χ4n) is 2.60. The Morgan fingerprint density at radius 3 is 2.56 bits per heavy atom. The summed E-state index contributed by atoms with van der Waals surface area (Å²) in [4.78, 5) is 10.8. The summed E-state index contributed by atoms with van der Waals surface area (Å²) >= 11 is 0. The third kappa shape index (κ3) is 2.34. The second kappa shape index (κ2) is 4.82. The Balaban J connectivity index is 3.02. The van der Waals surface area contributed by atoms with Crippen molar-refractivity contribution >= 4 is 6.29 Å². The minimum Gasteiger partial charge on any atom is -0.298 e. The molecule has 0 N–H and O–H groups in total. The van der Waals surface area contributed by atoms with E-state index < -0.39 is 0 Å². The average molecular weight is 218 g/mol. The number of hydrogen-bond acceptors (Lipinski definition) is 1. The molecule has 0 aromatic rings. The highest BCUT2D eigenvalue weighted by molar-refractivity contribution is 5.73. The molecule has 0 saturated heterocycles. The Labute approximate surface area is 98.9 Å². The summed E-state index contributed by atoms with van der Waals surface area (Å²) in [6.07, 6.45) is 6.06. The van der Waals surface area contributed by atoms with Crippen LogP contribution in [0, 0.1) is 11.3 Å². The van der Waals surface area contributed by atoms with Crippen LogP contribution in [0.25, 0.3) is 0 Å². The number of aldehydes is 1. The van der Waals surface area contributed by atoms with Gasteiger partial charge >= 0.3 is 0 Å². The molecule has 1 fully saturated rings. The van der Waals surface area contributed by atoms with E-state index in [4.69, 9.17) is 0 Å². The first kappa shape index (κ1) is 13.0. The molecule has 1 aliphatic rings. The van der Waals surface area contributed by atoms with Crippen molar-refractivity contribution in [1.82, 2.24) is 0 Å². The zero-order chi connectivity index (χ0) is 12.3. The second-order valence-electron chi connectivity index (χ2n) is 5.22. The first-order valence-electron chi connectivity index (χ1n) is 5.87. The Hall–Kier alpha value is -1.11. The van der Waals surface area contributed by atoms with Crippen LogP contribution in [0.5, 0.6) is 0 Å². The van der Waals surface area contributed by atoms with Crippen LogP contribution in [0.3, 0.4) is 0 Å². The van der Waals surface area contributed by atoms with Gasteiger partial charge in [0.2, 0.25) is 0 Å². The van der Waals surface area contributed by atoms with Gasteiger partial charge in [0, 0.05) is 0 Å². The predicted molar refractivity (Wildman–Crippen MR) is 69.2 cm³/mol. The standard InChI is InChI=1S/C15H22O/c1-6-15(5)8-7-13(12(4)10-16)9-14(15)11(2)3/h6,10,14H,1-2,7-9H2,3-5H3/b13-12+. The van der Waals surface area contributed by atoms with Gasteiger partial charge in [0.15, 0.2) is 0 Å². The van der Waals surface area contributed by atoms with Crippen LogP contribution >= 0.6 is 0 Å². The monoisotopic (exact) mass is 218 g/mol. The van der Waals surface area contributed by atoms with E-state index >= 15 is 0 Å². The Bertz CT molecular complexity index is 348. The van der Waals surface area contributed by atoms with Gasteiger partial charge in [-0.3, -0.25) is 4.79 Å². The van der Waals surface area contributed by atoms with E-state index in [0.717, 1.165) is 31.1 Å². The van der Waals surface area contributed by atoms with Gasteiger partial charge in [-0.15, -0.1) is 6.58 Å². The lowest BCUT2D eigenvalue weighted by Gasteiger charge is -2.41. The number of carbonyl (C=O) groups is 1. The minimum absolute atomic E-state index is 0.137. The van der Waals surface area contributed by atoms with Crippen molar-refractivity contribution in [1.29, 1.82) is 0 Å². The summed E-state index contributed by atoms with van der Waals surface area (Å²) in [5.74, 6) is 0.420. The third-order valence-corrected chi connectivity index (χ3v) is 4.01. The fraction of sp³-hybridized carbons (Fsp3) is 0.533. The molecule has 2 atom stereocenters. The molecule has 0 heterocycles. The van der Waals surface area contributed by atoms with Gasteiger partial charge in [0.25, 0.3) is 0 Å². The van der Waals surface area contributed by atoms with Crippen molar-refractivity contribution in [3.63, 3.8) is 0 Å². The highest BCUT2D eigenvalue weighted by Gasteiger charge is 2.36. The normalized spacial score (nSPS) is 33.1. The van der Waals surface area contributed by atoms with Crippen molar-refractivity contribution in [2.24, 2.45) is 11.3 Å². The third-order valence-electron chi connectivity index (χ3n) is 4.01. The van der Waals surface area contributed by atoms with Crippen LogP contribution in [-0.4, -0.2) is 6.29 Å². The van der Waals surface area contributed by atoms with E-state index in [0.29, 0.717) is 5.92 Å². The predicted octanol–water partition coefficient (Wildman–Crippen LogP) is 4.07. The molecular formula is C15H22O. The van der Waals surface area contributed by atoms with Crippen molar-refractivity contribution < 1.29 is 4.79 Å². The van der Waals surface area contributed by atoms with Crippen molar-refractivity contribution in [2.75, 3.05) is 0 Å². The van der Waals surface area contributed by atoms with Gasteiger partial charge < -0.3 is 0 Å². The fourth-order valence-corrected chi connectivity index (χ4v) is 2.60. The van der Waals surface area contributed by atoms with Crippen molar-refractivity contribution in [3.8, 4) is 0 Å². The lowest BCUT2D eigenvalue weighted by molar-refractivity contribution is -0.105. The maximum atomic E-state index is 10.8. The van der Waals surface area contributed by atoms with E-state index in [2.05, 4.69) is 33.1 Å². The summed E-state index contributed by atoms with van der Waals surface area (Å²) in [6, 6.07) is 0. The molecule has 16 heavy (non-hydrogen) atoms. The van der Waals surface area contributed by atoms with E-state index in [1.807, 2.05) is 6.92 Å². The summed E-state index contributed by atoms with van der Waals surface area (Å²) in [7, 11) is 0. The molecule has 0 aliphatic heterocycles. The molecule has 0 aromatic heterocycles. The van der Waals surface area contributed by atoms with Gasteiger partial charge in [-0.2, -0.15) is 0 Å². The number of carbonyl (C=O) groups excluding carboxylic acids is 1. The smallest absolute Gasteiger partial charge is 0.145 e. The number of rotatable bonds is 3. The quantitative estimate of drug-likeness (QED) is 0.396. The summed E-state index contributed by atoms with van der Waals surface area (Å²) in [5, 5.41) is 0. The van der Waals surface area contributed by atoms with Crippen LogP contribution in [0.2, 0.25) is 0 Å². The van der Waals surface area contributed by atoms with E-state index in [-0.39, 0.29) is 5.41 Å². The van der Waals surface area contributed by atoms with Gasteiger partial charge in [0.05, 0.1) is 0 Å². The Morgan fingerprint density at radius 1 is 1.50 bits per heavy atom. The van der Waals surface area contributed by atoms with Crippen LogP contribution in [0.1, 0.15) is 40.0 Å². The molecular weight excluding hydrogens is 196 g/mol. The average Bonchev–Trinajstić information content (AvgIpc) is 2.28. The zero-order valence-electron chi connectivity index (χ0n) is 10.7. The van der Waals surface area contributed by atoms with Crippen molar-refractivity contribution in [2.45, 2.75) is 40.0 Å². The van der Waals surface area contributed by atoms with Crippen LogP contribution in [-0.2, 0) is 4.79 Å². The SMILES string of the molecule is C=CC1(C)CC/C(=C(/C)C=O)CC1C(=C)C. The second-order valence-corrected chi connectivity index (χ2v) is 5.22. The first-order chi connectivity index (χ1) is 7.44. The summed E-state index contributed by atoms with van der Waals surface area (Å²) < 4.78 is 0. The molecule has 1 nitrogen and oxygen atoms in total. The first-order valence-corrected chi connectivity index (χ1v) is 5.87. The van der Waals surface area contributed by atoms with Crippen LogP contribution < -0.4 is 0 Å². The maximum Gasteiger partial charge on any atom is 0.145 e. The molecule has 0 aromatic carbocycles. The van der Waals surface area contributed by atoms with Crippen LogP contribution in [0.15, 0.2) is 36.0 Å². The van der Waals surface area contributed by atoms with Crippen molar-refractivity contribution in [3.05, 3.63) is 36.0 Å².